The monoisotopic (exact) mass is 588 g/mol. The van der Waals surface area contributed by atoms with E-state index in [1.54, 1.807) is 78.9 Å². The van der Waals surface area contributed by atoms with Crippen LogP contribution in [0, 0.1) is 10.1 Å². The number of hydrogen-bond donors (Lipinski definition) is 1. The van der Waals surface area contributed by atoms with E-state index in [0.717, 1.165) is 0 Å². The average molecular weight is 589 g/mol. The highest BCUT2D eigenvalue weighted by atomic mass is 16.6. The first-order valence-electron chi connectivity index (χ1n) is 13.4. The lowest BCUT2D eigenvalue weighted by Crippen LogP contribution is -2.60. The molecule has 43 heavy (non-hydrogen) atoms. The number of nitrogens with two attached hydrogens (primary N) is 1. The first-order valence-corrected chi connectivity index (χ1v) is 13.4. The second-order valence-electron chi connectivity index (χ2n) is 9.88. The van der Waals surface area contributed by atoms with Crippen LogP contribution in [-0.2, 0) is 11.0 Å². The van der Waals surface area contributed by atoms with Crippen LogP contribution in [-0.4, -0.2) is 54.1 Å². The summed E-state index contributed by atoms with van der Waals surface area (Å²) in [6, 6.07) is 24.9. The van der Waals surface area contributed by atoms with Crippen LogP contribution >= 0.6 is 0 Å². The van der Waals surface area contributed by atoms with Crippen LogP contribution in [0.1, 0.15) is 22.3 Å². The van der Waals surface area contributed by atoms with Crippen molar-refractivity contribution in [2.24, 2.45) is 5.73 Å². The zero-order valence-corrected chi connectivity index (χ0v) is 25.1. The van der Waals surface area contributed by atoms with Crippen molar-refractivity contribution in [2.45, 2.75) is 11.0 Å². The molecule has 0 spiro atoms. The van der Waals surface area contributed by atoms with E-state index in [-0.39, 0.29) is 0 Å². The Balaban J connectivity index is 2.38. The molecular formula is C33H36N2O8. The Bertz CT molecular complexity index is 1380. The lowest BCUT2D eigenvalue weighted by molar-refractivity contribution is -0.492. The average Bonchev–Trinajstić information content (AvgIpc) is 3.04. The number of benzene rings is 4. The number of methoxy groups -OCH3 is 6. The Morgan fingerprint density at radius 1 is 0.558 bits per heavy atom. The molecule has 0 bridgehead atoms. The van der Waals surface area contributed by atoms with Gasteiger partial charge in [0.05, 0.1) is 48.1 Å². The Kier molecular flexibility index (Phi) is 9.30. The SMILES string of the molecule is COc1cc(OC)cc(C(c2cc(OC)cc(OC)c2)(c2cc(OC)cc(OC)c2)[C@@](N)(C[N+](=O)[O-])c2ccccc2)c1. The van der Waals surface area contributed by atoms with Crippen molar-refractivity contribution in [3.63, 3.8) is 0 Å². The molecule has 0 aliphatic rings. The van der Waals surface area contributed by atoms with E-state index < -0.39 is 22.4 Å². The van der Waals surface area contributed by atoms with Crippen LogP contribution in [0.25, 0.3) is 0 Å². The Morgan fingerprint density at radius 3 is 1.12 bits per heavy atom. The number of rotatable bonds is 13. The van der Waals surface area contributed by atoms with Crippen molar-refractivity contribution in [3.05, 3.63) is 117 Å². The van der Waals surface area contributed by atoms with Gasteiger partial charge in [-0.2, -0.15) is 0 Å². The molecule has 0 radical (unpaired) electrons. The van der Waals surface area contributed by atoms with Crippen molar-refractivity contribution in [1.29, 1.82) is 0 Å². The maximum atomic E-state index is 12.6. The molecule has 0 fully saturated rings. The predicted octanol–water partition coefficient (Wildman–Crippen LogP) is 5.20. The Hall–Kier alpha value is -4.96. The summed E-state index contributed by atoms with van der Waals surface area (Å²) in [5, 5.41) is 12.6. The molecule has 0 saturated heterocycles. The molecule has 0 saturated carbocycles. The molecule has 4 aromatic rings. The molecule has 4 rings (SSSR count). The second-order valence-corrected chi connectivity index (χ2v) is 9.88. The van der Waals surface area contributed by atoms with Crippen molar-refractivity contribution in [1.82, 2.24) is 0 Å². The minimum Gasteiger partial charge on any atom is -0.497 e. The van der Waals surface area contributed by atoms with Crippen molar-refractivity contribution in [2.75, 3.05) is 49.2 Å². The summed E-state index contributed by atoms with van der Waals surface area (Å²) in [4.78, 5) is 12.2. The fourth-order valence-electron chi connectivity index (χ4n) is 5.71. The van der Waals surface area contributed by atoms with Crippen LogP contribution in [0.2, 0.25) is 0 Å². The van der Waals surface area contributed by atoms with Gasteiger partial charge in [0.15, 0.2) is 0 Å². The number of ether oxygens (including phenoxy) is 6. The fourth-order valence-corrected chi connectivity index (χ4v) is 5.71. The molecule has 0 aromatic heterocycles. The van der Waals surface area contributed by atoms with E-state index in [2.05, 4.69) is 0 Å². The molecule has 1 atom stereocenters. The molecule has 0 unspecified atom stereocenters. The molecule has 0 heterocycles. The molecule has 0 amide bonds. The van der Waals surface area contributed by atoms with Gasteiger partial charge in [0, 0.05) is 23.1 Å². The third kappa shape index (κ3) is 5.74. The summed E-state index contributed by atoms with van der Waals surface area (Å²) in [6.45, 7) is -0.671. The Labute approximate surface area is 251 Å². The number of nitro groups is 1. The second kappa shape index (κ2) is 12.9. The topological polar surface area (TPSA) is 125 Å². The van der Waals surface area contributed by atoms with Crippen LogP contribution in [0.5, 0.6) is 34.5 Å². The zero-order chi connectivity index (χ0) is 31.2. The van der Waals surface area contributed by atoms with Gasteiger partial charge in [-0.1, -0.05) is 30.3 Å². The minimum absolute atomic E-state index is 0.409. The maximum Gasteiger partial charge on any atom is 0.227 e. The highest BCUT2D eigenvalue weighted by molar-refractivity contribution is 5.63. The molecule has 10 nitrogen and oxygen atoms in total. The minimum atomic E-state index is -1.75. The van der Waals surface area contributed by atoms with E-state index in [0.29, 0.717) is 56.8 Å². The fraction of sp³-hybridized carbons (Fsp3) is 0.273. The smallest absolute Gasteiger partial charge is 0.227 e. The van der Waals surface area contributed by atoms with Crippen LogP contribution in [0.4, 0.5) is 0 Å². The van der Waals surface area contributed by atoms with Crippen LogP contribution in [0.15, 0.2) is 84.9 Å². The van der Waals surface area contributed by atoms with Gasteiger partial charge in [-0.15, -0.1) is 0 Å². The van der Waals surface area contributed by atoms with Gasteiger partial charge in [0.25, 0.3) is 0 Å². The molecule has 4 aromatic carbocycles. The zero-order valence-electron chi connectivity index (χ0n) is 25.1. The molecule has 226 valence electrons. The van der Waals surface area contributed by atoms with Gasteiger partial charge >= 0.3 is 0 Å². The normalized spacial score (nSPS) is 12.5. The lowest BCUT2D eigenvalue weighted by Gasteiger charge is -2.48. The molecule has 0 aliphatic carbocycles. The quantitative estimate of drug-likeness (QED) is 0.127. The van der Waals surface area contributed by atoms with E-state index in [9.17, 15) is 10.1 Å². The summed E-state index contributed by atoms with van der Waals surface area (Å²) in [6.07, 6.45) is 0. The molecule has 0 aliphatic heterocycles. The van der Waals surface area contributed by atoms with Crippen LogP contribution in [0.3, 0.4) is 0 Å². The van der Waals surface area contributed by atoms with Crippen molar-refractivity contribution < 1.29 is 33.3 Å². The first kappa shape index (κ1) is 31.0. The van der Waals surface area contributed by atoms with Gasteiger partial charge in [0.1, 0.15) is 40.0 Å². The summed E-state index contributed by atoms with van der Waals surface area (Å²) in [5.41, 5.74) is 6.42. The highest BCUT2D eigenvalue weighted by Gasteiger charge is 2.58. The first-order chi connectivity index (χ1) is 20.7. The van der Waals surface area contributed by atoms with E-state index in [1.165, 1.54) is 42.7 Å². The van der Waals surface area contributed by atoms with E-state index >= 15 is 0 Å². The van der Waals surface area contributed by atoms with Crippen molar-refractivity contribution >= 4 is 0 Å². The number of nitrogens with zero attached hydrogens (tertiary/aromatic N) is 1. The van der Waals surface area contributed by atoms with Gasteiger partial charge in [0.2, 0.25) is 6.54 Å². The summed E-state index contributed by atoms with van der Waals surface area (Å²) < 4.78 is 34.1. The van der Waals surface area contributed by atoms with Gasteiger partial charge < -0.3 is 34.2 Å². The molecular weight excluding hydrogens is 552 g/mol. The van der Waals surface area contributed by atoms with Gasteiger partial charge in [-0.3, -0.25) is 10.1 Å². The van der Waals surface area contributed by atoms with Gasteiger partial charge in [-0.05, 0) is 58.7 Å². The van der Waals surface area contributed by atoms with Gasteiger partial charge in [-0.25, -0.2) is 0 Å². The summed E-state index contributed by atoms with van der Waals surface area (Å²) in [5.74, 6) is 2.75. The summed E-state index contributed by atoms with van der Waals surface area (Å²) in [7, 11) is 9.21. The molecule has 2 N–H and O–H groups in total. The summed E-state index contributed by atoms with van der Waals surface area (Å²) >= 11 is 0. The maximum absolute atomic E-state index is 12.6. The third-order valence-corrected chi connectivity index (χ3v) is 7.69. The Morgan fingerprint density at radius 2 is 0.860 bits per heavy atom. The predicted molar refractivity (Wildman–Crippen MR) is 163 cm³/mol. The van der Waals surface area contributed by atoms with Crippen molar-refractivity contribution in [3.8, 4) is 34.5 Å². The van der Waals surface area contributed by atoms with E-state index in [1.807, 2.05) is 6.07 Å². The van der Waals surface area contributed by atoms with Crippen LogP contribution < -0.4 is 34.2 Å². The van der Waals surface area contributed by atoms with E-state index in [4.69, 9.17) is 34.2 Å². The standard InChI is InChI=1S/C33H36N2O8/c1-38-26-12-23(13-27(18-26)39-2)33(24-14-28(40-3)19-29(15-24)41-4,25-16-30(42-5)20-31(17-25)43-6)32(34,21-35(36)37)22-10-8-7-9-11-22/h7-20H,21,34H2,1-6H3/t32-/m1/s1. The third-order valence-electron chi connectivity index (χ3n) is 7.69. The lowest BCUT2D eigenvalue weighted by atomic mass is 9.55. The highest BCUT2D eigenvalue weighted by Crippen LogP contribution is 2.54. The largest absolute Gasteiger partial charge is 0.497 e. The molecule has 10 heteroatoms. The number of hydrogen-bond acceptors (Lipinski definition) is 9.